The van der Waals surface area contributed by atoms with Crippen LogP contribution in [0.25, 0.3) is 0 Å². The van der Waals surface area contributed by atoms with Crippen LogP contribution in [-0.2, 0) is 33.3 Å². The normalized spacial score (nSPS) is 53.1. The predicted molar refractivity (Wildman–Crippen MR) is 141 cm³/mol. The molecule has 4 saturated carbocycles. The average molecular weight is 561 g/mol. The third-order valence-electron chi connectivity index (χ3n) is 12.3. The van der Waals surface area contributed by atoms with E-state index in [1.54, 1.807) is 6.08 Å². The first-order valence-electron chi connectivity index (χ1n) is 15.3. The highest BCUT2D eigenvalue weighted by Gasteiger charge is 2.71. The Morgan fingerprint density at radius 3 is 2.50 bits per heavy atom. The van der Waals surface area contributed by atoms with Crippen molar-refractivity contribution in [3.8, 4) is 0 Å². The minimum atomic E-state index is -1.18. The molecule has 9 nitrogen and oxygen atoms in total. The molecule has 3 aliphatic heterocycles. The molecule has 9 heteroatoms. The van der Waals surface area contributed by atoms with Crippen molar-refractivity contribution >= 4 is 12.3 Å². The third kappa shape index (κ3) is 3.80. The molecule has 0 amide bonds. The van der Waals surface area contributed by atoms with Crippen LogP contribution in [0, 0.1) is 28.6 Å². The Hall–Kier alpha value is -1.36. The number of carbonyl (C=O) groups excluding carboxylic acids is 2. The van der Waals surface area contributed by atoms with Gasteiger partial charge in [0.15, 0.2) is 12.1 Å². The number of ether oxygens (including phenoxy) is 5. The lowest BCUT2D eigenvalue weighted by molar-refractivity contribution is -0.270. The zero-order valence-corrected chi connectivity index (χ0v) is 23.9. The maximum Gasteiger partial charge on any atom is 0.331 e. The topological polar surface area (TPSA) is 121 Å². The fraction of sp³-hybridized carbons (Fsp3) is 0.871. The van der Waals surface area contributed by atoms with Gasteiger partial charge in [-0.15, -0.1) is 0 Å². The van der Waals surface area contributed by atoms with Crippen LogP contribution < -0.4 is 0 Å². The number of fused-ring (bicyclic) bond motifs is 6. The number of esters is 1. The molecule has 0 spiro atoms. The summed E-state index contributed by atoms with van der Waals surface area (Å²) in [6.45, 7) is 6.70. The number of hydrogen-bond acceptors (Lipinski definition) is 9. The third-order valence-corrected chi connectivity index (χ3v) is 12.3. The van der Waals surface area contributed by atoms with Gasteiger partial charge in [0.2, 0.25) is 0 Å². The molecule has 40 heavy (non-hydrogen) atoms. The molecular weight excluding hydrogens is 516 g/mol. The Kier molecular flexibility index (Phi) is 6.23. The van der Waals surface area contributed by atoms with Gasteiger partial charge in [0, 0.05) is 24.3 Å². The molecule has 7 aliphatic rings. The molecule has 0 radical (unpaired) electrons. The minimum absolute atomic E-state index is 0.0701. The van der Waals surface area contributed by atoms with Gasteiger partial charge in [-0.25, -0.2) is 4.79 Å². The van der Waals surface area contributed by atoms with E-state index in [1.165, 1.54) is 0 Å². The molecule has 3 heterocycles. The van der Waals surface area contributed by atoms with E-state index in [9.17, 15) is 19.8 Å². The van der Waals surface area contributed by atoms with E-state index in [0.717, 1.165) is 31.1 Å². The Morgan fingerprint density at radius 1 is 0.975 bits per heavy atom. The Bertz CT molecular complexity index is 1100. The maximum atomic E-state index is 13.0. The highest BCUT2D eigenvalue weighted by atomic mass is 16.8. The van der Waals surface area contributed by atoms with Gasteiger partial charge in [0.25, 0.3) is 0 Å². The summed E-state index contributed by atoms with van der Waals surface area (Å²) in [4.78, 5) is 24.9. The van der Waals surface area contributed by atoms with Gasteiger partial charge in [-0.2, -0.15) is 0 Å². The Balaban J connectivity index is 1.08. The lowest BCUT2D eigenvalue weighted by Gasteiger charge is -2.65. The van der Waals surface area contributed by atoms with Crippen LogP contribution in [0.1, 0.15) is 85.0 Å². The summed E-state index contributed by atoms with van der Waals surface area (Å²) >= 11 is 0. The van der Waals surface area contributed by atoms with E-state index in [4.69, 9.17) is 23.7 Å². The summed E-state index contributed by atoms with van der Waals surface area (Å²) in [7, 11) is 0. The predicted octanol–water partition coefficient (Wildman–Crippen LogP) is 3.19. The largest absolute Gasteiger partial charge is 0.458 e. The van der Waals surface area contributed by atoms with Gasteiger partial charge < -0.3 is 38.7 Å². The number of rotatable bonds is 4. The molecule has 2 N–H and O–H groups in total. The van der Waals surface area contributed by atoms with Crippen LogP contribution in [-0.4, -0.2) is 77.3 Å². The number of hydrogen-bond donors (Lipinski definition) is 2. The summed E-state index contributed by atoms with van der Waals surface area (Å²) in [6, 6.07) is 0. The zero-order valence-electron chi connectivity index (χ0n) is 23.9. The number of aliphatic hydroxyl groups is 2. The molecular formula is C31H44O9. The van der Waals surface area contributed by atoms with Crippen LogP contribution in [0.5, 0.6) is 0 Å². The van der Waals surface area contributed by atoms with E-state index in [2.05, 4.69) is 6.92 Å². The molecule has 4 aliphatic carbocycles. The monoisotopic (exact) mass is 560 g/mol. The SMILES string of the molecule is CC1(C)O[C@H]2C[C@H](O[C@H]3CC[C@]4(C=O)[C@H]5CC[C@]6(C)[C@@H](C7=CC(=O)OC7)CC[C@]6(O)[C@@H]5CC[C@]4(O)C3)OC[C@H]2O1. The van der Waals surface area contributed by atoms with Crippen LogP contribution in [0.2, 0.25) is 0 Å². The van der Waals surface area contributed by atoms with Crippen molar-refractivity contribution in [1.29, 1.82) is 0 Å². The van der Waals surface area contributed by atoms with E-state index in [-0.39, 0.29) is 47.4 Å². The molecule has 0 bridgehead atoms. The van der Waals surface area contributed by atoms with Crippen molar-refractivity contribution in [3.05, 3.63) is 11.6 Å². The summed E-state index contributed by atoms with van der Waals surface area (Å²) in [6.07, 6.45) is 8.08. The summed E-state index contributed by atoms with van der Waals surface area (Å²) < 4.78 is 29.6. The van der Waals surface area contributed by atoms with Crippen molar-refractivity contribution in [2.45, 2.75) is 127 Å². The summed E-state index contributed by atoms with van der Waals surface area (Å²) in [5, 5.41) is 24.6. The van der Waals surface area contributed by atoms with E-state index in [1.807, 2.05) is 13.8 Å². The van der Waals surface area contributed by atoms with Gasteiger partial charge >= 0.3 is 5.97 Å². The molecule has 0 aromatic carbocycles. The quantitative estimate of drug-likeness (QED) is 0.303. The van der Waals surface area contributed by atoms with Crippen molar-refractivity contribution in [2.24, 2.45) is 28.6 Å². The Morgan fingerprint density at radius 2 is 1.75 bits per heavy atom. The molecule has 0 aromatic rings. The minimum Gasteiger partial charge on any atom is -0.458 e. The van der Waals surface area contributed by atoms with Gasteiger partial charge in [-0.05, 0) is 88.5 Å². The average Bonchev–Trinajstić information content (AvgIpc) is 3.54. The number of carbonyl (C=O) groups is 2. The zero-order chi connectivity index (χ0) is 28.1. The lowest BCUT2D eigenvalue weighted by atomic mass is 9.41. The summed E-state index contributed by atoms with van der Waals surface area (Å²) in [5.41, 5.74) is -2.42. The first-order valence-corrected chi connectivity index (χ1v) is 15.3. The highest BCUT2D eigenvalue weighted by Crippen LogP contribution is 2.70. The van der Waals surface area contributed by atoms with Crippen molar-refractivity contribution < 1.29 is 43.5 Å². The van der Waals surface area contributed by atoms with Gasteiger partial charge in [0.05, 0.1) is 35.4 Å². The van der Waals surface area contributed by atoms with Gasteiger partial charge in [-0.1, -0.05) is 6.92 Å². The number of cyclic esters (lactones) is 1. The van der Waals surface area contributed by atoms with Gasteiger partial charge in [-0.3, -0.25) is 0 Å². The first-order chi connectivity index (χ1) is 18.9. The molecule has 0 aromatic heterocycles. The second-order valence-electron chi connectivity index (χ2n) is 14.5. The lowest BCUT2D eigenvalue weighted by Crippen LogP contribution is -2.69. The highest BCUT2D eigenvalue weighted by molar-refractivity contribution is 5.85. The molecule has 0 unspecified atom stereocenters. The van der Waals surface area contributed by atoms with Crippen LogP contribution in [0.15, 0.2) is 11.6 Å². The first kappa shape index (κ1) is 27.5. The molecule has 7 rings (SSSR count). The molecule has 11 atom stereocenters. The molecule has 2 saturated heterocycles. The van der Waals surface area contributed by atoms with Gasteiger partial charge in [0.1, 0.15) is 19.0 Å². The van der Waals surface area contributed by atoms with Crippen molar-refractivity contribution in [2.75, 3.05) is 13.2 Å². The Labute approximate surface area is 235 Å². The standard InChI is InChI=1S/C31H44O9/c1-27(2)39-23-13-26(37-16-24(23)40-27)38-19-4-9-29(17-32)21-5-8-28(3)20(18-12-25(33)36-15-18)7-11-31(28,35)22(21)6-10-30(29,34)14-19/h12,17,19-24,26,34-35H,4-11,13-16H2,1-3H3/t19-,20+,21-,22+,23-,24+,26-,28+,29-,30-,31-/m0/s1. The van der Waals surface area contributed by atoms with Crippen LogP contribution in [0.4, 0.5) is 0 Å². The fourth-order valence-electron chi connectivity index (χ4n) is 10.5. The second-order valence-corrected chi connectivity index (χ2v) is 14.5. The van der Waals surface area contributed by atoms with Crippen molar-refractivity contribution in [3.63, 3.8) is 0 Å². The second kappa shape index (κ2) is 9.07. The van der Waals surface area contributed by atoms with E-state index >= 15 is 0 Å². The van der Waals surface area contributed by atoms with E-state index < -0.39 is 28.7 Å². The van der Waals surface area contributed by atoms with E-state index in [0.29, 0.717) is 58.2 Å². The molecule has 6 fully saturated rings. The number of aldehydes is 1. The fourth-order valence-corrected chi connectivity index (χ4v) is 10.5. The smallest absolute Gasteiger partial charge is 0.331 e. The van der Waals surface area contributed by atoms with Crippen LogP contribution in [0.3, 0.4) is 0 Å². The maximum absolute atomic E-state index is 13.0. The molecule has 222 valence electrons. The summed E-state index contributed by atoms with van der Waals surface area (Å²) in [5.74, 6) is -0.990. The van der Waals surface area contributed by atoms with Crippen LogP contribution >= 0.6 is 0 Å². The van der Waals surface area contributed by atoms with Crippen molar-refractivity contribution in [1.82, 2.24) is 0 Å².